The van der Waals surface area contributed by atoms with Gasteiger partial charge in [-0.15, -0.1) is 0 Å². The van der Waals surface area contributed by atoms with Crippen molar-refractivity contribution in [1.29, 1.82) is 0 Å². The molecule has 0 radical (unpaired) electrons. The Hall–Kier alpha value is -4.31. The summed E-state index contributed by atoms with van der Waals surface area (Å²) in [5.74, 6) is -1.30. The number of phosphoric ester groups is 1. The predicted octanol–water partition coefficient (Wildman–Crippen LogP) is 3.13. The molecule has 1 aliphatic rings. The van der Waals surface area contributed by atoms with E-state index in [0.29, 0.717) is 36.2 Å². The van der Waals surface area contributed by atoms with E-state index in [4.69, 9.17) is 9.79 Å². The highest BCUT2D eigenvalue weighted by atomic mass is 31.2. The lowest BCUT2D eigenvalue weighted by molar-refractivity contribution is -0.137. The van der Waals surface area contributed by atoms with Crippen LogP contribution >= 0.6 is 7.82 Å². The van der Waals surface area contributed by atoms with Gasteiger partial charge in [-0.1, -0.05) is 66.7 Å². The van der Waals surface area contributed by atoms with Gasteiger partial charge in [-0.05, 0) is 42.5 Å². The van der Waals surface area contributed by atoms with Crippen LogP contribution in [0.5, 0.6) is 5.75 Å². The molecule has 11 nitrogen and oxygen atoms in total. The first-order chi connectivity index (χ1) is 20.5. The average Bonchev–Trinajstić information content (AvgIpc) is 3.14. The summed E-state index contributed by atoms with van der Waals surface area (Å²) in [7, 11) is -4.71. The van der Waals surface area contributed by atoms with Crippen molar-refractivity contribution in [2.24, 2.45) is 0 Å². The van der Waals surface area contributed by atoms with Gasteiger partial charge in [0, 0.05) is 37.6 Å². The topological polar surface area (TPSA) is 162 Å². The maximum absolute atomic E-state index is 13.5. The molecule has 1 fully saturated rings. The van der Waals surface area contributed by atoms with E-state index in [-0.39, 0.29) is 23.9 Å². The van der Waals surface area contributed by atoms with Crippen LogP contribution in [0.4, 0.5) is 0 Å². The molecule has 3 amide bonds. The lowest BCUT2D eigenvalue weighted by Gasteiger charge is -2.26. The minimum absolute atomic E-state index is 0.0424. The third kappa shape index (κ3) is 9.34. The molecule has 0 saturated carbocycles. The molecule has 2 atom stereocenters. The molecule has 4 rings (SSSR count). The summed E-state index contributed by atoms with van der Waals surface area (Å²) >= 11 is 0. The second-order valence-electron chi connectivity index (χ2n) is 10.4. The lowest BCUT2D eigenvalue weighted by atomic mass is 10.0. The highest BCUT2D eigenvalue weighted by Crippen LogP contribution is 2.37. The lowest BCUT2D eigenvalue weighted by Crippen LogP contribution is -2.54. The van der Waals surface area contributed by atoms with Gasteiger partial charge in [0.15, 0.2) is 5.78 Å². The molecule has 0 unspecified atom stereocenters. The Labute approximate surface area is 249 Å². The third-order valence-corrected chi connectivity index (χ3v) is 7.45. The first kappa shape index (κ1) is 31.6. The normalized spacial score (nSPS) is 16.1. The van der Waals surface area contributed by atoms with Crippen LogP contribution in [0.1, 0.15) is 53.2 Å². The van der Waals surface area contributed by atoms with Crippen LogP contribution in [0.25, 0.3) is 0 Å². The second-order valence-corrected chi connectivity index (χ2v) is 11.6. The summed E-state index contributed by atoms with van der Waals surface area (Å²) in [5.41, 5.74) is 2.61. The van der Waals surface area contributed by atoms with Crippen LogP contribution in [0, 0.1) is 0 Å². The summed E-state index contributed by atoms with van der Waals surface area (Å²) in [6.45, 7) is 2.13. The Kier molecular flexibility index (Phi) is 10.5. The molecule has 1 heterocycles. The van der Waals surface area contributed by atoms with Crippen LogP contribution < -0.4 is 15.2 Å². The van der Waals surface area contributed by atoms with Crippen LogP contribution in [0.2, 0.25) is 0 Å². The van der Waals surface area contributed by atoms with E-state index in [1.54, 1.807) is 29.2 Å². The molecule has 4 N–H and O–H groups in total. The van der Waals surface area contributed by atoms with E-state index in [0.717, 1.165) is 18.4 Å². The zero-order valence-electron chi connectivity index (χ0n) is 23.6. The Morgan fingerprint density at radius 1 is 0.930 bits per heavy atom. The molecule has 43 heavy (non-hydrogen) atoms. The van der Waals surface area contributed by atoms with E-state index in [9.17, 15) is 23.7 Å². The van der Waals surface area contributed by atoms with Crippen molar-refractivity contribution < 1.29 is 38.1 Å². The Balaban J connectivity index is 1.40. The Morgan fingerprint density at radius 2 is 1.56 bits per heavy atom. The molecule has 3 aromatic rings. The van der Waals surface area contributed by atoms with Crippen LogP contribution in [-0.4, -0.2) is 56.8 Å². The summed E-state index contributed by atoms with van der Waals surface area (Å²) in [4.78, 5) is 71.0. The largest absolute Gasteiger partial charge is 0.524 e. The number of carbonyl (C=O) groups is 4. The highest BCUT2D eigenvalue weighted by Gasteiger charge is 2.31. The van der Waals surface area contributed by atoms with Crippen LogP contribution in [0.15, 0.2) is 78.9 Å². The van der Waals surface area contributed by atoms with Crippen LogP contribution in [-0.2, 0) is 31.9 Å². The fourth-order valence-corrected chi connectivity index (χ4v) is 5.32. The maximum atomic E-state index is 13.5. The van der Waals surface area contributed by atoms with Crippen molar-refractivity contribution in [3.63, 3.8) is 0 Å². The van der Waals surface area contributed by atoms with Gasteiger partial charge in [-0.25, -0.2) is 4.57 Å². The van der Waals surface area contributed by atoms with Crippen molar-refractivity contribution in [2.45, 2.75) is 51.2 Å². The van der Waals surface area contributed by atoms with Gasteiger partial charge in [0.25, 0.3) is 0 Å². The van der Waals surface area contributed by atoms with Gasteiger partial charge in [0.2, 0.25) is 17.7 Å². The molecule has 0 spiro atoms. The predicted molar refractivity (Wildman–Crippen MR) is 158 cm³/mol. The molecule has 12 heteroatoms. The van der Waals surface area contributed by atoms with Gasteiger partial charge in [0.05, 0.1) is 0 Å². The number of nitrogens with zero attached hydrogens (tertiary/aromatic N) is 1. The molecule has 226 valence electrons. The van der Waals surface area contributed by atoms with Gasteiger partial charge >= 0.3 is 7.82 Å². The number of rotatable bonds is 11. The molecular formula is C31H34N3O8P. The van der Waals surface area contributed by atoms with E-state index in [1.165, 1.54) is 31.2 Å². The number of phosphoric acid groups is 1. The van der Waals surface area contributed by atoms with Crippen molar-refractivity contribution in [3.05, 3.63) is 101 Å². The van der Waals surface area contributed by atoms with Crippen molar-refractivity contribution >= 4 is 31.3 Å². The zero-order chi connectivity index (χ0) is 31.0. The maximum Gasteiger partial charge on any atom is 0.524 e. The number of amides is 3. The van der Waals surface area contributed by atoms with Gasteiger partial charge in [0.1, 0.15) is 17.8 Å². The zero-order valence-corrected chi connectivity index (χ0v) is 24.5. The molecular weight excluding hydrogens is 573 g/mol. The smallest absolute Gasteiger partial charge is 0.404 e. The third-order valence-electron chi connectivity index (χ3n) is 7.00. The van der Waals surface area contributed by atoms with Gasteiger partial charge < -0.3 is 20.1 Å². The minimum atomic E-state index is -4.71. The SMILES string of the molecule is CC(=O)N[C@@H](Cc1ccc(OP(=O)(O)O)cc1)C(=O)N[C@H]1CCCCN(Cc2ccc(C(=O)c3ccccc3)cc2)C1=O. The van der Waals surface area contributed by atoms with Gasteiger partial charge in [-0.2, -0.15) is 0 Å². The number of likely N-dealkylation sites (tertiary alicyclic amines) is 1. The summed E-state index contributed by atoms with van der Waals surface area (Å²) in [6.07, 6.45) is 2.03. The van der Waals surface area contributed by atoms with Crippen molar-refractivity contribution in [3.8, 4) is 5.75 Å². The monoisotopic (exact) mass is 607 g/mol. The highest BCUT2D eigenvalue weighted by molar-refractivity contribution is 7.46. The van der Waals surface area contributed by atoms with E-state index in [1.807, 2.05) is 30.3 Å². The number of benzene rings is 3. The van der Waals surface area contributed by atoms with E-state index >= 15 is 0 Å². The molecule has 0 bridgehead atoms. The number of carbonyl (C=O) groups excluding carboxylic acids is 4. The molecule has 0 aliphatic carbocycles. The summed E-state index contributed by atoms with van der Waals surface area (Å²) in [5, 5.41) is 5.44. The standard InChI is InChI=1S/C31H34N3O8P/c1-21(35)32-28(19-22-12-16-26(17-13-22)42-43(39,40)41)30(37)33-27-9-5-6-18-34(31(27)38)20-23-10-14-25(15-11-23)29(36)24-7-3-2-4-8-24/h2-4,7-8,10-17,27-28H,5-6,9,18-20H2,1H3,(H,32,35)(H,33,37)(H2,39,40,41)/t27-,28-/m0/s1. The molecule has 3 aromatic carbocycles. The van der Waals surface area contributed by atoms with Crippen LogP contribution in [0.3, 0.4) is 0 Å². The minimum Gasteiger partial charge on any atom is -0.404 e. The fourth-order valence-electron chi connectivity index (χ4n) is 4.92. The Morgan fingerprint density at radius 3 is 2.19 bits per heavy atom. The van der Waals surface area contributed by atoms with E-state index in [2.05, 4.69) is 15.2 Å². The number of nitrogens with one attached hydrogen (secondary N) is 2. The molecule has 1 saturated heterocycles. The number of hydrogen-bond acceptors (Lipinski definition) is 6. The van der Waals surface area contributed by atoms with Crippen molar-refractivity contribution in [1.82, 2.24) is 15.5 Å². The summed E-state index contributed by atoms with van der Waals surface area (Å²) < 4.78 is 15.6. The second kappa shape index (κ2) is 14.2. The van der Waals surface area contributed by atoms with Crippen molar-refractivity contribution in [2.75, 3.05) is 6.54 Å². The number of ketones is 1. The Bertz CT molecular complexity index is 1490. The number of hydrogen-bond donors (Lipinski definition) is 4. The molecule has 1 aliphatic heterocycles. The summed E-state index contributed by atoms with van der Waals surface area (Å²) in [6, 6.07) is 20.2. The average molecular weight is 608 g/mol. The first-order valence-corrected chi connectivity index (χ1v) is 15.4. The first-order valence-electron chi connectivity index (χ1n) is 13.9. The fraction of sp³-hybridized carbons (Fsp3) is 0.290. The van der Waals surface area contributed by atoms with Gasteiger partial charge in [-0.3, -0.25) is 29.0 Å². The van der Waals surface area contributed by atoms with E-state index < -0.39 is 31.7 Å². The quantitative estimate of drug-likeness (QED) is 0.191. The molecule has 0 aromatic heterocycles.